The van der Waals surface area contributed by atoms with Crippen LogP contribution in [0, 0.1) is 6.92 Å². The number of benzene rings is 1. The van der Waals surface area contributed by atoms with E-state index in [9.17, 15) is 4.79 Å². The van der Waals surface area contributed by atoms with Gasteiger partial charge in [-0.25, -0.2) is 4.98 Å². The van der Waals surface area contributed by atoms with Gasteiger partial charge in [0.05, 0.1) is 17.1 Å². The average molecular weight is 494 g/mol. The summed E-state index contributed by atoms with van der Waals surface area (Å²) in [4.78, 5) is 27.2. The third-order valence-electron chi connectivity index (χ3n) is 7.24. The highest BCUT2D eigenvalue weighted by Gasteiger charge is 2.23. The number of aromatic nitrogens is 4. The van der Waals surface area contributed by atoms with Gasteiger partial charge in [0.1, 0.15) is 11.5 Å². The molecule has 5 heterocycles. The van der Waals surface area contributed by atoms with Crippen LogP contribution in [0.25, 0.3) is 33.9 Å². The molecule has 0 spiro atoms. The van der Waals surface area contributed by atoms with Crippen LogP contribution >= 0.6 is 0 Å². The predicted octanol–water partition coefficient (Wildman–Crippen LogP) is 5.23. The second kappa shape index (κ2) is 10.3. The number of ether oxygens (including phenoxy) is 1. The molecule has 1 aromatic carbocycles. The lowest BCUT2D eigenvalue weighted by atomic mass is 10.0. The fourth-order valence-electron chi connectivity index (χ4n) is 5.27. The second-order valence-electron chi connectivity index (χ2n) is 9.87. The van der Waals surface area contributed by atoms with E-state index in [4.69, 9.17) is 14.7 Å². The summed E-state index contributed by atoms with van der Waals surface area (Å²) in [6, 6.07) is 18.1. The van der Waals surface area contributed by atoms with E-state index in [1.54, 1.807) is 0 Å². The van der Waals surface area contributed by atoms with E-state index in [-0.39, 0.29) is 11.9 Å². The first-order valence-corrected chi connectivity index (χ1v) is 13.1. The molecular weight excluding hydrogens is 462 g/mol. The van der Waals surface area contributed by atoms with E-state index in [2.05, 4.69) is 27.0 Å². The molecular formula is C30H31N5O2. The molecule has 2 aliphatic rings. The van der Waals surface area contributed by atoms with Crippen LogP contribution in [0.15, 0.2) is 60.8 Å². The summed E-state index contributed by atoms with van der Waals surface area (Å²) in [5.74, 6) is 1.08. The van der Waals surface area contributed by atoms with Gasteiger partial charge < -0.3 is 14.6 Å². The zero-order valence-corrected chi connectivity index (χ0v) is 21.1. The maximum Gasteiger partial charge on any atom is 0.251 e. The highest BCUT2D eigenvalue weighted by molar-refractivity contribution is 5.95. The molecule has 6 rings (SSSR count). The van der Waals surface area contributed by atoms with Crippen LogP contribution < -0.4 is 5.32 Å². The van der Waals surface area contributed by atoms with Crippen LogP contribution in [0.1, 0.15) is 47.6 Å². The standard InChI is InChI=1S/C30H31N5O2/c1-20-5-4-6-25(32-20)28-29(35-16-3-2-7-27(35)34-28)23-12-15-31-26(19-23)21-8-10-22(11-9-21)30(36)33-24-13-17-37-18-14-24/h4-6,8-12,15,19,24H,2-3,7,13-14,16-18H2,1H3,(H,33,36). The Kier molecular flexibility index (Phi) is 6.53. The maximum atomic E-state index is 12.7. The number of nitrogens with one attached hydrogen (secondary N) is 1. The average Bonchev–Trinajstić information content (AvgIpc) is 3.34. The van der Waals surface area contributed by atoms with E-state index >= 15 is 0 Å². The normalized spacial score (nSPS) is 15.8. The molecule has 0 atom stereocenters. The fraction of sp³-hybridized carbons (Fsp3) is 0.333. The second-order valence-corrected chi connectivity index (χ2v) is 9.87. The van der Waals surface area contributed by atoms with Crippen molar-refractivity contribution in [3.8, 4) is 33.9 Å². The first-order valence-electron chi connectivity index (χ1n) is 13.1. The molecule has 1 N–H and O–H groups in total. The summed E-state index contributed by atoms with van der Waals surface area (Å²) in [6.07, 6.45) is 6.86. The lowest BCUT2D eigenvalue weighted by Crippen LogP contribution is -2.38. The Morgan fingerprint density at radius 3 is 2.62 bits per heavy atom. The van der Waals surface area contributed by atoms with E-state index in [0.29, 0.717) is 18.8 Å². The van der Waals surface area contributed by atoms with Gasteiger partial charge in [0.2, 0.25) is 0 Å². The predicted molar refractivity (Wildman–Crippen MR) is 143 cm³/mol. The Labute approximate surface area is 217 Å². The number of aryl methyl sites for hydroxylation is 2. The van der Waals surface area contributed by atoms with Crippen molar-refractivity contribution in [2.45, 2.75) is 51.6 Å². The van der Waals surface area contributed by atoms with Crippen LogP contribution in [0.5, 0.6) is 0 Å². The Morgan fingerprint density at radius 2 is 1.81 bits per heavy atom. The van der Waals surface area contributed by atoms with Gasteiger partial charge in [-0.1, -0.05) is 18.2 Å². The molecule has 0 unspecified atom stereocenters. The van der Waals surface area contributed by atoms with E-state index in [1.807, 2.05) is 55.6 Å². The number of fused-ring (bicyclic) bond motifs is 1. The number of hydrogen-bond donors (Lipinski definition) is 1. The Hall–Kier alpha value is -3.84. The van der Waals surface area contributed by atoms with Crippen molar-refractivity contribution >= 4 is 5.91 Å². The van der Waals surface area contributed by atoms with Crippen LogP contribution in [0.3, 0.4) is 0 Å². The van der Waals surface area contributed by atoms with Crippen molar-refractivity contribution in [1.29, 1.82) is 0 Å². The summed E-state index contributed by atoms with van der Waals surface area (Å²) in [6.45, 7) is 4.37. The molecule has 0 radical (unpaired) electrons. The number of rotatable bonds is 5. The molecule has 1 amide bonds. The van der Waals surface area contributed by atoms with Gasteiger partial charge in [-0.2, -0.15) is 0 Å². The first kappa shape index (κ1) is 23.6. The Morgan fingerprint density at radius 1 is 0.973 bits per heavy atom. The molecule has 4 aromatic rings. The van der Waals surface area contributed by atoms with Gasteiger partial charge >= 0.3 is 0 Å². The SMILES string of the molecule is Cc1cccc(-c2nc3n(c2-c2ccnc(-c4ccc(C(=O)NC5CCOCC5)cc4)c2)CCCC3)n1. The van der Waals surface area contributed by atoms with Crippen LogP contribution in [-0.4, -0.2) is 44.7 Å². The molecule has 7 nitrogen and oxygen atoms in total. The number of pyridine rings is 2. The minimum absolute atomic E-state index is 0.0404. The zero-order valence-electron chi connectivity index (χ0n) is 21.1. The monoisotopic (exact) mass is 493 g/mol. The molecule has 1 fully saturated rings. The van der Waals surface area contributed by atoms with Gasteiger partial charge in [-0.3, -0.25) is 14.8 Å². The summed E-state index contributed by atoms with van der Waals surface area (Å²) >= 11 is 0. The van der Waals surface area contributed by atoms with Crippen molar-refractivity contribution in [3.05, 3.63) is 77.9 Å². The molecule has 188 valence electrons. The number of carbonyl (C=O) groups excluding carboxylic acids is 1. The topological polar surface area (TPSA) is 81.9 Å². The number of imidazole rings is 1. The van der Waals surface area contributed by atoms with E-state index < -0.39 is 0 Å². The van der Waals surface area contributed by atoms with Gasteiger partial charge in [0.15, 0.2) is 0 Å². The minimum atomic E-state index is -0.0404. The third kappa shape index (κ3) is 4.91. The van der Waals surface area contributed by atoms with Gasteiger partial charge in [0, 0.05) is 60.8 Å². The molecule has 2 aliphatic heterocycles. The number of nitrogens with zero attached hydrogens (tertiary/aromatic N) is 4. The van der Waals surface area contributed by atoms with Gasteiger partial charge in [0.25, 0.3) is 5.91 Å². The first-order chi connectivity index (χ1) is 18.2. The third-order valence-corrected chi connectivity index (χ3v) is 7.24. The van der Waals surface area contributed by atoms with Crippen LogP contribution in [0.2, 0.25) is 0 Å². The van der Waals surface area contributed by atoms with Crippen molar-refractivity contribution in [3.63, 3.8) is 0 Å². The van der Waals surface area contributed by atoms with Crippen LogP contribution in [-0.2, 0) is 17.7 Å². The largest absolute Gasteiger partial charge is 0.381 e. The smallest absolute Gasteiger partial charge is 0.251 e. The zero-order chi connectivity index (χ0) is 25.2. The summed E-state index contributed by atoms with van der Waals surface area (Å²) < 4.78 is 7.74. The summed E-state index contributed by atoms with van der Waals surface area (Å²) in [7, 11) is 0. The maximum absolute atomic E-state index is 12.7. The highest BCUT2D eigenvalue weighted by Crippen LogP contribution is 2.35. The number of amides is 1. The van der Waals surface area contributed by atoms with E-state index in [0.717, 1.165) is 84.1 Å². The lowest BCUT2D eigenvalue weighted by Gasteiger charge is -2.23. The molecule has 7 heteroatoms. The van der Waals surface area contributed by atoms with Crippen molar-refractivity contribution in [2.75, 3.05) is 13.2 Å². The van der Waals surface area contributed by atoms with Crippen molar-refractivity contribution in [2.24, 2.45) is 0 Å². The molecule has 0 aliphatic carbocycles. The quantitative estimate of drug-likeness (QED) is 0.412. The van der Waals surface area contributed by atoms with Crippen molar-refractivity contribution in [1.82, 2.24) is 24.8 Å². The lowest BCUT2D eigenvalue weighted by molar-refractivity contribution is 0.0696. The Bertz CT molecular complexity index is 1420. The molecule has 0 bridgehead atoms. The van der Waals surface area contributed by atoms with Gasteiger partial charge in [-0.15, -0.1) is 0 Å². The van der Waals surface area contributed by atoms with E-state index in [1.165, 1.54) is 0 Å². The summed E-state index contributed by atoms with van der Waals surface area (Å²) in [5.41, 5.74) is 7.47. The number of carbonyl (C=O) groups is 1. The highest BCUT2D eigenvalue weighted by atomic mass is 16.5. The summed E-state index contributed by atoms with van der Waals surface area (Å²) in [5, 5.41) is 3.13. The van der Waals surface area contributed by atoms with Crippen LogP contribution in [0.4, 0.5) is 0 Å². The fourth-order valence-corrected chi connectivity index (χ4v) is 5.27. The molecule has 37 heavy (non-hydrogen) atoms. The Balaban J connectivity index is 1.31. The minimum Gasteiger partial charge on any atom is -0.381 e. The van der Waals surface area contributed by atoms with Crippen molar-refractivity contribution < 1.29 is 9.53 Å². The molecule has 0 saturated carbocycles. The van der Waals surface area contributed by atoms with Gasteiger partial charge in [-0.05, 0) is 69.0 Å². The molecule has 3 aromatic heterocycles. The molecule has 1 saturated heterocycles. The number of hydrogen-bond acceptors (Lipinski definition) is 5.